The summed E-state index contributed by atoms with van der Waals surface area (Å²) in [7, 11) is 0. The number of nitrogens with one attached hydrogen (secondary N) is 2. The highest BCUT2D eigenvalue weighted by Gasteiger charge is 2.40. The molecule has 0 saturated heterocycles. The van der Waals surface area contributed by atoms with Crippen molar-refractivity contribution in [2.45, 2.75) is 89.5 Å². The number of hydroxylamine groups is 1. The molecule has 5 rings (SSSR count). The number of aliphatic carboxylic acids is 1. The maximum Gasteiger partial charge on any atom is 0.306 e. The van der Waals surface area contributed by atoms with Gasteiger partial charge in [0.15, 0.2) is 5.65 Å². The Morgan fingerprint density at radius 3 is 2.68 bits per heavy atom. The quantitative estimate of drug-likeness (QED) is 0.556. The smallest absolute Gasteiger partial charge is 0.306 e. The molecule has 2 fully saturated rings. The van der Waals surface area contributed by atoms with Crippen LogP contribution >= 0.6 is 0 Å². The minimum absolute atomic E-state index is 0.212. The molecule has 1 aliphatic heterocycles. The molecular formula is C25H35N5O4. The van der Waals surface area contributed by atoms with Crippen LogP contribution in [0.4, 0.5) is 5.69 Å². The molecule has 2 saturated carbocycles. The lowest BCUT2D eigenvalue weighted by atomic mass is 9.82. The fourth-order valence-electron chi connectivity index (χ4n) is 5.65. The number of hydrogen-bond acceptors (Lipinski definition) is 7. The first kappa shape index (κ1) is 23.1. The fourth-order valence-corrected chi connectivity index (χ4v) is 5.65. The number of pyridine rings is 1. The Labute approximate surface area is 199 Å². The Kier molecular flexibility index (Phi) is 6.48. The maximum atomic E-state index is 11.4. The second-order valence-corrected chi connectivity index (χ2v) is 9.76. The summed E-state index contributed by atoms with van der Waals surface area (Å²) < 4.78 is 7.72. The Morgan fingerprint density at radius 2 is 2.00 bits per heavy atom. The van der Waals surface area contributed by atoms with Crippen LogP contribution in [0.1, 0.15) is 70.8 Å². The third kappa shape index (κ3) is 4.38. The number of carbonyl (C=O) groups is 1. The third-order valence-electron chi connectivity index (χ3n) is 7.63. The Morgan fingerprint density at radius 1 is 1.24 bits per heavy atom. The molecule has 3 heterocycles. The van der Waals surface area contributed by atoms with Gasteiger partial charge in [0.1, 0.15) is 5.60 Å². The number of anilines is 1. The molecule has 2 aromatic rings. The number of rotatable bonds is 7. The van der Waals surface area contributed by atoms with Gasteiger partial charge in [0, 0.05) is 31.0 Å². The van der Waals surface area contributed by atoms with Crippen LogP contribution in [0.25, 0.3) is 16.7 Å². The van der Waals surface area contributed by atoms with Gasteiger partial charge in [0.05, 0.1) is 35.0 Å². The van der Waals surface area contributed by atoms with Crippen LogP contribution in [0, 0.1) is 5.92 Å². The lowest BCUT2D eigenvalue weighted by Crippen LogP contribution is -2.37. The van der Waals surface area contributed by atoms with E-state index < -0.39 is 5.97 Å². The van der Waals surface area contributed by atoms with Crippen LogP contribution in [-0.2, 0) is 20.9 Å². The zero-order chi connectivity index (χ0) is 23.7. The molecule has 3 aliphatic rings. The molecule has 3 N–H and O–H groups in total. The average molecular weight is 470 g/mol. The van der Waals surface area contributed by atoms with Gasteiger partial charge in [-0.15, -0.1) is 0 Å². The zero-order valence-corrected chi connectivity index (χ0v) is 20.0. The van der Waals surface area contributed by atoms with Crippen LogP contribution in [0.15, 0.2) is 18.5 Å². The standard InChI is InChI=1S/C25H35N5O4/c1-3-30-23-20(15-27-30)22(28-17-7-5-16(6-8-17)24(31)32)19(14-26-23)21-13-25(34-29-21)11-9-18(10-12-25)33-4-2/h13-18,29H,3-12H2,1-2H3,(H,26,28)(H,31,32). The second kappa shape index (κ2) is 9.54. The first-order valence-corrected chi connectivity index (χ1v) is 12.6. The summed E-state index contributed by atoms with van der Waals surface area (Å²) in [6.45, 7) is 5.59. The summed E-state index contributed by atoms with van der Waals surface area (Å²) in [5.41, 5.74) is 6.61. The molecule has 9 nitrogen and oxygen atoms in total. The van der Waals surface area contributed by atoms with Gasteiger partial charge in [0.25, 0.3) is 0 Å². The topological polar surface area (TPSA) is 111 Å². The summed E-state index contributed by atoms with van der Waals surface area (Å²) in [5, 5.41) is 18.6. The van der Waals surface area contributed by atoms with Gasteiger partial charge in [0.2, 0.25) is 0 Å². The minimum Gasteiger partial charge on any atom is -0.481 e. The van der Waals surface area contributed by atoms with Gasteiger partial charge < -0.3 is 15.2 Å². The van der Waals surface area contributed by atoms with Gasteiger partial charge >= 0.3 is 5.97 Å². The largest absolute Gasteiger partial charge is 0.481 e. The van der Waals surface area contributed by atoms with Crippen LogP contribution in [0.2, 0.25) is 0 Å². The van der Waals surface area contributed by atoms with Crippen molar-refractivity contribution in [2.24, 2.45) is 5.92 Å². The van der Waals surface area contributed by atoms with Crippen molar-refractivity contribution in [1.82, 2.24) is 20.2 Å². The molecule has 0 unspecified atom stereocenters. The molecule has 0 radical (unpaired) electrons. The molecule has 2 aliphatic carbocycles. The Bertz CT molecular complexity index is 1060. The van der Waals surface area contributed by atoms with Crippen molar-refractivity contribution < 1.29 is 19.5 Å². The predicted octanol–water partition coefficient (Wildman–Crippen LogP) is 4.10. The number of ether oxygens (including phenoxy) is 1. The van der Waals surface area contributed by atoms with E-state index >= 15 is 0 Å². The zero-order valence-electron chi connectivity index (χ0n) is 20.0. The Hall–Kier alpha value is -2.65. The first-order chi connectivity index (χ1) is 16.5. The van der Waals surface area contributed by atoms with Gasteiger partial charge in [-0.05, 0) is 71.3 Å². The molecule has 2 aromatic heterocycles. The highest BCUT2D eigenvalue weighted by molar-refractivity contribution is 5.95. The number of aromatic nitrogens is 3. The molecular weight excluding hydrogens is 434 g/mol. The molecule has 0 amide bonds. The molecule has 0 bridgehead atoms. The predicted molar refractivity (Wildman–Crippen MR) is 129 cm³/mol. The number of carboxylic acids is 1. The van der Waals surface area contributed by atoms with E-state index in [0.29, 0.717) is 18.9 Å². The van der Waals surface area contributed by atoms with Crippen molar-refractivity contribution in [3.8, 4) is 0 Å². The number of fused-ring (bicyclic) bond motifs is 1. The van der Waals surface area contributed by atoms with Gasteiger partial charge in [-0.25, -0.2) is 9.67 Å². The third-order valence-corrected chi connectivity index (χ3v) is 7.63. The van der Waals surface area contributed by atoms with E-state index in [1.165, 1.54) is 0 Å². The first-order valence-electron chi connectivity index (χ1n) is 12.6. The van der Waals surface area contributed by atoms with Crippen molar-refractivity contribution in [2.75, 3.05) is 11.9 Å². The normalized spacial score (nSPS) is 29.2. The van der Waals surface area contributed by atoms with Gasteiger partial charge in [-0.1, -0.05) is 0 Å². The fraction of sp³-hybridized carbons (Fsp3) is 0.640. The highest BCUT2D eigenvalue weighted by atomic mass is 16.7. The minimum atomic E-state index is -0.684. The highest BCUT2D eigenvalue weighted by Crippen LogP contribution is 2.41. The van der Waals surface area contributed by atoms with E-state index in [4.69, 9.17) is 14.6 Å². The van der Waals surface area contributed by atoms with E-state index in [0.717, 1.165) is 79.7 Å². The van der Waals surface area contributed by atoms with Crippen LogP contribution in [0.5, 0.6) is 0 Å². The molecule has 34 heavy (non-hydrogen) atoms. The molecule has 184 valence electrons. The Balaban J connectivity index is 1.43. The number of nitrogens with zero attached hydrogens (tertiary/aromatic N) is 3. The van der Waals surface area contributed by atoms with Crippen molar-refractivity contribution in [3.63, 3.8) is 0 Å². The summed E-state index contributed by atoms with van der Waals surface area (Å²) in [6.07, 6.45) is 13.1. The van der Waals surface area contributed by atoms with E-state index in [9.17, 15) is 9.90 Å². The summed E-state index contributed by atoms with van der Waals surface area (Å²) in [4.78, 5) is 22.3. The number of aryl methyl sites for hydroxylation is 1. The summed E-state index contributed by atoms with van der Waals surface area (Å²) >= 11 is 0. The average Bonchev–Trinajstić information content (AvgIpc) is 3.46. The van der Waals surface area contributed by atoms with Gasteiger partial charge in [-0.3, -0.25) is 15.1 Å². The number of carboxylic acid groups (broad SMARTS) is 1. The lowest BCUT2D eigenvalue weighted by Gasteiger charge is -2.33. The SMILES string of the molecule is CCOC1CCC2(C=C(c3cnc4c(cnn4CC)c3NC3CCC(C(=O)O)CC3)NO2)CC1. The van der Waals surface area contributed by atoms with E-state index in [2.05, 4.69) is 28.9 Å². The summed E-state index contributed by atoms with van der Waals surface area (Å²) in [6, 6.07) is 0.212. The molecule has 1 spiro atoms. The van der Waals surface area contributed by atoms with Crippen LogP contribution < -0.4 is 10.8 Å². The molecule has 0 aromatic carbocycles. The van der Waals surface area contributed by atoms with E-state index in [1.807, 2.05) is 24.0 Å². The van der Waals surface area contributed by atoms with Crippen molar-refractivity contribution in [3.05, 3.63) is 24.0 Å². The van der Waals surface area contributed by atoms with Crippen LogP contribution in [-0.4, -0.2) is 50.2 Å². The van der Waals surface area contributed by atoms with Crippen molar-refractivity contribution in [1.29, 1.82) is 0 Å². The van der Waals surface area contributed by atoms with Gasteiger partial charge in [-0.2, -0.15) is 5.10 Å². The number of hydrogen-bond donors (Lipinski definition) is 3. The summed E-state index contributed by atoms with van der Waals surface area (Å²) in [5.74, 6) is -0.923. The maximum absolute atomic E-state index is 11.4. The van der Waals surface area contributed by atoms with E-state index in [1.54, 1.807) is 0 Å². The second-order valence-electron chi connectivity index (χ2n) is 9.76. The lowest BCUT2D eigenvalue weighted by molar-refractivity contribution is -0.142. The van der Waals surface area contributed by atoms with Crippen molar-refractivity contribution >= 4 is 28.4 Å². The monoisotopic (exact) mass is 469 g/mol. The molecule has 0 atom stereocenters. The van der Waals surface area contributed by atoms with E-state index in [-0.39, 0.29) is 17.6 Å². The van der Waals surface area contributed by atoms with Crippen LogP contribution in [0.3, 0.4) is 0 Å². The molecule has 9 heteroatoms.